The Morgan fingerprint density at radius 3 is 1.81 bits per heavy atom. The Kier molecular flexibility index (Phi) is 2.41. The van der Waals surface area contributed by atoms with E-state index in [1.54, 1.807) is 11.3 Å². The van der Waals surface area contributed by atoms with Crippen LogP contribution in [0.15, 0.2) is 81.6 Å². The highest BCUT2D eigenvalue weighted by Crippen LogP contribution is 2.49. The van der Waals surface area contributed by atoms with E-state index in [1.807, 2.05) is 24.3 Å². The molecule has 0 aliphatic rings. The number of thiophene rings is 1. The van der Waals surface area contributed by atoms with E-state index in [-0.39, 0.29) is 0 Å². The lowest BCUT2D eigenvalue weighted by Gasteiger charge is -1.98. The van der Waals surface area contributed by atoms with Crippen molar-refractivity contribution in [3.8, 4) is 0 Å². The van der Waals surface area contributed by atoms with Crippen molar-refractivity contribution in [2.45, 2.75) is 0 Å². The summed E-state index contributed by atoms with van der Waals surface area (Å²) in [5, 5.41) is 6.98. The summed E-state index contributed by atoms with van der Waals surface area (Å²) in [5.74, 6) is 0. The number of para-hydroxylation sites is 2. The normalized spacial score (nSPS) is 12.4. The Labute approximate surface area is 157 Å². The zero-order chi connectivity index (χ0) is 17.5. The van der Waals surface area contributed by atoms with Crippen LogP contribution < -0.4 is 0 Å². The van der Waals surface area contributed by atoms with E-state index in [0.717, 1.165) is 54.0 Å². The summed E-state index contributed by atoms with van der Waals surface area (Å²) in [5.41, 5.74) is 3.76. The van der Waals surface area contributed by atoms with Gasteiger partial charge < -0.3 is 8.83 Å². The molecule has 0 atom stereocenters. The first-order valence-corrected chi connectivity index (χ1v) is 9.77. The number of benzene rings is 4. The van der Waals surface area contributed by atoms with Crippen molar-refractivity contribution >= 4 is 75.4 Å². The highest BCUT2D eigenvalue weighted by Gasteiger charge is 2.23. The first-order valence-electron chi connectivity index (χ1n) is 8.96. The van der Waals surface area contributed by atoms with E-state index < -0.39 is 0 Å². The van der Waals surface area contributed by atoms with E-state index in [2.05, 4.69) is 48.5 Å². The molecule has 126 valence electrons. The van der Waals surface area contributed by atoms with Gasteiger partial charge in [-0.1, -0.05) is 54.6 Å². The molecule has 0 saturated heterocycles. The van der Waals surface area contributed by atoms with Crippen LogP contribution in [0.4, 0.5) is 0 Å². The topological polar surface area (TPSA) is 26.3 Å². The minimum Gasteiger partial charge on any atom is -0.455 e. The zero-order valence-electron chi connectivity index (χ0n) is 14.2. The molecule has 0 unspecified atom stereocenters. The molecular formula is C24H12O2S. The van der Waals surface area contributed by atoms with Gasteiger partial charge in [-0.2, -0.15) is 0 Å². The third-order valence-corrected chi connectivity index (χ3v) is 6.64. The van der Waals surface area contributed by atoms with Gasteiger partial charge in [0.1, 0.15) is 16.7 Å². The molecule has 3 heterocycles. The van der Waals surface area contributed by atoms with E-state index in [4.69, 9.17) is 8.83 Å². The molecule has 0 bridgehead atoms. The predicted octanol–water partition coefficient (Wildman–Crippen LogP) is 7.85. The number of hydrogen-bond acceptors (Lipinski definition) is 3. The maximum Gasteiger partial charge on any atom is 0.154 e. The quantitative estimate of drug-likeness (QED) is 0.274. The minimum atomic E-state index is 0.918. The van der Waals surface area contributed by atoms with Gasteiger partial charge in [-0.3, -0.25) is 0 Å². The predicted molar refractivity (Wildman–Crippen MR) is 114 cm³/mol. The molecule has 3 aromatic heterocycles. The molecule has 0 N–H and O–H groups in total. The molecule has 0 radical (unpaired) electrons. The Morgan fingerprint density at radius 1 is 0.519 bits per heavy atom. The Hall–Kier alpha value is -3.30. The molecule has 0 spiro atoms. The highest BCUT2D eigenvalue weighted by atomic mass is 32.1. The standard InChI is InChI=1S/C24H12O2S/c1-4-10-16-13(7-1)19-20-14-8-2-5-11-17(14)26-23(20)24-21(22(19)25-16)15-9-3-6-12-18(15)27-24/h1-12H. The summed E-state index contributed by atoms with van der Waals surface area (Å²) in [6.45, 7) is 0. The average molecular weight is 364 g/mol. The SMILES string of the molecule is c1ccc2c(c1)oc1c3sc4ccccc4c3c3oc4ccccc4c3c21. The smallest absolute Gasteiger partial charge is 0.154 e. The van der Waals surface area contributed by atoms with Gasteiger partial charge in [0.2, 0.25) is 0 Å². The fourth-order valence-corrected chi connectivity index (χ4v) is 5.54. The van der Waals surface area contributed by atoms with Crippen molar-refractivity contribution in [2.75, 3.05) is 0 Å². The van der Waals surface area contributed by atoms with Crippen LogP contribution in [0.25, 0.3) is 64.0 Å². The fraction of sp³-hybridized carbons (Fsp3) is 0. The van der Waals surface area contributed by atoms with E-state index in [1.165, 1.54) is 10.1 Å². The van der Waals surface area contributed by atoms with E-state index >= 15 is 0 Å². The van der Waals surface area contributed by atoms with Gasteiger partial charge in [0.15, 0.2) is 5.58 Å². The summed E-state index contributed by atoms with van der Waals surface area (Å²) in [6, 6.07) is 25.1. The van der Waals surface area contributed by atoms with Crippen LogP contribution in [-0.2, 0) is 0 Å². The largest absolute Gasteiger partial charge is 0.455 e. The first kappa shape index (κ1) is 13.8. The van der Waals surface area contributed by atoms with Crippen molar-refractivity contribution in [1.82, 2.24) is 0 Å². The number of fused-ring (bicyclic) bond motifs is 12. The number of furan rings is 2. The number of hydrogen-bond donors (Lipinski definition) is 0. The molecule has 27 heavy (non-hydrogen) atoms. The Balaban J connectivity index is 1.96. The van der Waals surface area contributed by atoms with Crippen LogP contribution in [0.1, 0.15) is 0 Å². The molecular weight excluding hydrogens is 352 g/mol. The van der Waals surface area contributed by atoms with Gasteiger partial charge in [-0.05, 0) is 18.2 Å². The fourth-order valence-electron chi connectivity index (χ4n) is 4.35. The lowest BCUT2D eigenvalue weighted by molar-refractivity contribution is 0.669. The summed E-state index contributed by atoms with van der Waals surface area (Å²) >= 11 is 1.78. The average Bonchev–Trinajstić information content (AvgIpc) is 3.38. The van der Waals surface area contributed by atoms with Crippen LogP contribution in [0.2, 0.25) is 0 Å². The highest BCUT2D eigenvalue weighted by molar-refractivity contribution is 7.26. The monoisotopic (exact) mass is 364 g/mol. The molecule has 0 aliphatic carbocycles. The minimum absolute atomic E-state index is 0.918. The van der Waals surface area contributed by atoms with Gasteiger partial charge >= 0.3 is 0 Å². The molecule has 0 saturated carbocycles. The molecule has 4 aromatic carbocycles. The maximum absolute atomic E-state index is 6.42. The van der Waals surface area contributed by atoms with Gasteiger partial charge in [-0.25, -0.2) is 0 Å². The summed E-state index contributed by atoms with van der Waals surface area (Å²) in [6.07, 6.45) is 0. The summed E-state index contributed by atoms with van der Waals surface area (Å²) < 4.78 is 15.2. The second kappa shape index (κ2) is 4.70. The van der Waals surface area contributed by atoms with Gasteiger partial charge in [-0.15, -0.1) is 11.3 Å². The van der Waals surface area contributed by atoms with Gasteiger partial charge in [0, 0.05) is 37.0 Å². The molecule has 2 nitrogen and oxygen atoms in total. The Bertz CT molecular complexity index is 1680. The van der Waals surface area contributed by atoms with Crippen LogP contribution in [0.5, 0.6) is 0 Å². The van der Waals surface area contributed by atoms with Crippen molar-refractivity contribution in [1.29, 1.82) is 0 Å². The molecule has 7 aromatic rings. The summed E-state index contributed by atoms with van der Waals surface area (Å²) in [7, 11) is 0. The van der Waals surface area contributed by atoms with E-state index in [9.17, 15) is 0 Å². The lowest BCUT2D eigenvalue weighted by atomic mass is 10.0. The second-order valence-corrected chi connectivity index (χ2v) is 7.96. The first-order chi connectivity index (χ1) is 13.4. The van der Waals surface area contributed by atoms with Crippen LogP contribution in [-0.4, -0.2) is 0 Å². The van der Waals surface area contributed by atoms with Crippen molar-refractivity contribution in [2.24, 2.45) is 0 Å². The Morgan fingerprint density at radius 2 is 1.07 bits per heavy atom. The zero-order valence-corrected chi connectivity index (χ0v) is 15.0. The number of rotatable bonds is 0. The van der Waals surface area contributed by atoms with Crippen LogP contribution in [0, 0.1) is 0 Å². The second-order valence-electron chi connectivity index (χ2n) is 6.91. The van der Waals surface area contributed by atoms with Gasteiger partial charge in [0.05, 0.1) is 4.70 Å². The molecule has 0 amide bonds. The molecule has 0 aliphatic heterocycles. The third kappa shape index (κ3) is 1.61. The van der Waals surface area contributed by atoms with Crippen molar-refractivity contribution < 1.29 is 8.83 Å². The van der Waals surface area contributed by atoms with E-state index in [0.29, 0.717) is 0 Å². The third-order valence-electron chi connectivity index (χ3n) is 5.47. The molecule has 0 fully saturated rings. The molecule has 7 rings (SSSR count). The maximum atomic E-state index is 6.42. The molecule has 3 heteroatoms. The summed E-state index contributed by atoms with van der Waals surface area (Å²) in [4.78, 5) is 0. The van der Waals surface area contributed by atoms with Crippen molar-refractivity contribution in [3.63, 3.8) is 0 Å². The van der Waals surface area contributed by atoms with Gasteiger partial charge in [0.25, 0.3) is 0 Å². The van der Waals surface area contributed by atoms with Crippen LogP contribution in [0.3, 0.4) is 0 Å². The van der Waals surface area contributed by atoms with Crippen LogP contribution >= 0.6 is 11.3 Å². The lowest BCUT2D eigenvalue weighted by Crippen LogP contribution is -1.73. The van der Waals surface area contributed by atoms with Crippen molar-refractivity contribution in [3.05, 3.63) is 72.8 Å².